The van der Waals surface area contributed by atoms with Gasteiger partial charge in [-0.2, -0.15) is 0 Å². The lowest BCUT2D eigenvalue weighted by molar-refractivity contribution is 0.431. The van der Waals surface area contributed by atoms with Crippen LogP contribution < -0.4 is 5.32 Å². The van der Waals surface area contributed by atoms with Crippen molar-refractivity contribution in [3.63, 3.8) is 0 Å². The van der Waals surface area contributed by atoms with E-state index in [2.05, 4.69) is 38.2 Å². The number of hydrogen-bond donors (Lipinski definition) is 1. The zero-order chi connectivity index (χ0) is 13.6. The first-order valence-corrected chi connectivity index (χ1v) is 6.60. The number of halogens is 2. The van der Waals surface area contributed by atoms with E-state index in [0.29, 0.717) is 5.02 Å². The van der Waals surface area contributed by atoms with Crippen LogP contribution in [0.5, 0.6) is 0 Å². The maximum atomic E-state index is 12.8. The van der Waals surface area contributed by atoms with Gasteiger partial charge < -0.3 is 5.32 Å². The lowest BCUT2D eigenvalue weighted by Gasteiger charge is -2.19. The summed E-state index contributed by atoms with van der Waals surface area (Å²) in [6.45, 7) is 7.40. The van der Waals surface area contributed by atoms with Crippen molar-refractivity contribution in [3.8, 4) is 0 Å². The Morgan fingerprint density at radius 2 is 2.00 bits per heavy atom. The van der Waals surface area contributed by atoms with Gasteiger partial charge in [0.05, 0.1) is 0 Å². The summed E-state index contributed by atoms with van der Waals surface area (Å²) in [6.07, 6.45) is 5.92. The molecule has 0 spiro atoms. The maximum Gasteiger partial charge on any atom is 0.124 e. The Morgan fingerprint density at radius 1 is 1.28 bits per heavy atom. The van der Waals surface area contributed by atoms with Crippen LogP contribution >= 0.6 is 11.6 Å². The number of benzene rings is 1. The molecule has 1 rings (SSSR count). The van der Waals surface area contributed by atoms with Crippen molar-refractivity contribution in [1.29, 1.82) is 0 Å². The molecule has 0 aliphatic rings. The maximum absolute atomic E-state index is 12.8. The number of allylic oxidation sites excluding steroid dienone is 1. The SMILES string of the molecule is CC(C)(C)NCCC=CCc1ccc(F)cc1Cl. The van der Waals surface area contributed by atoms with Gasteiger partial charge in [-0.1, -0.05) is 29.8 Å². The van der Waals surface area contributed by atoms with Gasteiger partial charge in [0.1, 0.15) is 5.82 Å². The third-order valence-electron chi connectivity index (χ3n) is 2.49. The molecule has 0 aromatic heterocycles. The fraction of sp³-hybridized carbons (Fsp3) is 0.467. The third kappa shape index (κ3) is 6.18. The minimum absolute atomic E-state index is 0.161. The van der Waals surface area contributed by atoms with E-state index in [1.54, 1.807) is 6.07 Å². The first kappa shape index (κ1) is 15.2. The van der Waals surface area contributed by atoms with Gasteiger partial charge in [-0.25, -0.2) is 4.39 Å². The highest BCUT2D eigenvalue weighted by molar-refractivity contribution is 6.31. The van der Waals surface area contributed by atoms with Crippen molar-refractivity contribution in [2.24, 2.45) is 0 Å². The van der Waals surface area contributed by atoms with Crippen molar-refractivity contribution in [2.75, 3.05) is 6.54 Å². The topological polar surface area (TPSA) is 12.0 Å². The lowest BCUT2D eigenvalue weighted by atomic mass is 10.1. The van der Waals surface area contributed by atoms with E-state index in [9.17, 15) is 4.39 Å². The van der Waals surface area contributed by atoms with E-state index in [1.165, 1.54) is 12.1 Å². The van der Waals surface area contributed by atoms with Gasteiger partial charge in [-0.3, -0.25) is 0 Å². The van der Waals surface area contributed by atoms with E-state index in [1.807, 2.05) is 0 Å². The molecule has 3 heteroatoms. The van der Waals surface area contributed by atoms with Crippen LogP contribution in [0.1, 0.15) is 32.8 Å². The second-order valence-electron chi connectivity index (χ2n) is 5.38. The summed E-state index contributed by atoms with van der Waals surface area (Å²) in [4.78, 5) is 0. The Balaban J connectivity index is 2.32. The van der Waals surface area contributed by atoms with E-state index in [-0.39, 0.29) is 11.4 Å². The first-order valence-electron chi connectivity index (χ1n) is 6.22. The summed E-state index contributed by atoms with van der Waals surface area (Å²) in [5, 5.41) is 3.91. The Hall–Kier alpha value is -0.860. The number of rotatable bonds is 5. The Bertz CT molecular complexity index is 407. The third-order valence-corrected chi connectivity index (χ3v) is 2.84. The highest BCUT2D eigenvalue weighted by atomic mass is 35.5. The molecule has 1 aromatic carbocycles. The molecule has 0 aliphatic carbocycles. The molecule has 1 aromatic rings. The standard InChI is InChI=1S/C15H21ClFN/c1-15(2,3)18-10-6-4-5-7-12-8-9-13(17)11-14(12)16/h4-5,8-9,11,18H,6-7,10H2,1-3H3. The molecule has 0 unspecified atom stereocenters. The quantitative estimate of drug-likeness (QED) is 0.619. The van der Waals surface area contributed by atoms with Crippen LogP contribution in [0.15, 0.2) is 30.4 Å². The van der Waals surface area contributed by atoms with Crippen molar-refractivity contribution in [1.82, 2.24) is 5.32 Å². The van der Waals surface area contributed by atoms with Crippen LogP contribution in [0.3, 0.4) is 0 Å². The summed E-state index contributed by atoms with van der Waals surface area (Å²) >= 11 is 5.94. The van der Waals surface area contributed by atoms with E-state index in [4.69, 9.17) is 11.6 Å². The number of nitrogens with one attached hydrogen (secondary N) is 1. The van der Waals surface area contributed by atoms with Crippen LogP contribution in [-0.4, -0.2) is 12.1 Å². The molecule has 0 aliphatic heterocycles. The Morgan fingerprint density at radius 3 is 2.61 bits per heavy atom. The van der Waals surface area contributed by atoms with Crippen LogP contribution in [-0.2, 0) is 6.42 Å². The summed E-state index contributed by atoms with van der Waals surface area (Å²) < 4.78 is 12.8. The minimum Gasteiger partial charge on any atom is -0.312 e. The van der Waals surface area contributed by atoms with Crippen LogP contribution in [0.25, 0.3) is 0 Å². The van der Waals surface area contributed by atoms with Crippen molar-refractivity contribution >= 4 is 11.6 Å². The van der Waals surface area contributed by atoms with Gasteiger partial charge in [0.15, 0.2) is 0 Å². The highest BCUT2D eigenvalue weighted by Crippen LogP contribution is 2.17. The molecule has 0 atom stereocenters. The van der Waals surface area contributed by atoms with Crippen LogP contribution in [0.4, 0.5) is 4.39 Å². The van der Waals surface area contributed by atoms with Gasteiger partial charge in [-0.15, -0.1) is 0 Å². The van der Waals surface area contributed by atoms with E-state index < -0.39 is 0 Å². The molecule has 0 saturated heterocycles. The molecule has 0 radical (unpaired) electrons. The number of hydrogen-bond acceptors (Lipinski definition) is 1. The molecule has 1 nitrogen and oxygen atoms in total. The molecule has 18 heavy (non-hydrogen) atoms. The lowest BCUT2D eigenvalue weighted by Crippen LogP contribution is -2.36. The van der Waals surface area contributed by atoms with Gasteiger partial charge in [0.25, 0.3) is 0 Å². The molecule has 0 bridgehead atoms. The molecule has 0 amide bonds. The molecule has 0 heterocycles. The second kappa shape index (κ2) is 6.91. The van der Waals surface area contributed by atoms with Crippen molar-refractivity contribution < 1.29 is 4.39 Å². The predicted octanol–water partition coefficient (Wildman–Crippen LogP) is 4.36. The average Bonchev–Trinajstić information content (AvgIpc) is 2.24. The normalized spacial score (nSPS) is 12.3. The van der Waals surface area contributed by atoms with Gasteiger partial charge in [-0.05, 0) is 57.9 Å². The molecule has 100 valence electrons. The second-order valence-corrected chi connectivity index (χ2v) is 5.78. The smallest absolute Gasteiger partial charge is 0.124 e. The summed E-state index contributed by atoms with van der Waals surface area (Å²) in [5.74, 6) is -0.290. The highest BCUT2D eigenvalue weighted by Gasteiger charge is 2.06. The molecule has 1 N–H and O–H groups in total. The van der Waals surface area contributed by atoms with Crippen molar-refractivity contribution in [3.05, 3.63) is 46.8 Å². The van der Waals surface area contributed by atoms with Gasteiger partial charge in [0, 0.05) is 10.6 Å². The van der Waals surface area contributed by atoms with E-state index >= 15 is 0 Å². The Kier molecular flexibility index (Phi) is 5.83. The minimum atomic E-state index is -0.290. The zero-order valence-electron chi connectivity index (χ0n) is 11.3. The molecular formula is C15H21ClFN. The van der Waals surface area contributed by atoms with Crippen LogP contribution in [0.2, 0.25) is 5.02 Å². The summed E-state index contributed by atoms with van der Waals surface area (Å²) in [6, 6.07) is 4.53. The predicted molar refractivity (Wildman–Crippen MR) is 76.6 cm³/mol. The first-order chi connectivity index (χ1) is 8.38. The van der Waals surface area contributed by atoms with Gasteiger partial charge in [0.2, 0.25) is 0 Å². The van der Waals surface area contributed by atoms with Gasteiger partial charge >= 0.3 is 0 Å². The summed E-state index contributed by atoms with van der Waals surface area (Å²) in [7, 11) is 0. The average molecular weight is 270 g/mol. The Labute approximate surface area is 114 Å². The van der Waals surface area contributed by atoms with Crippen molar-refractivity contribution in [2.45, 2.75) is 39.2 Å². The molecule has 0 saturated carbocycles. The zero-order valence-corrected chi connectivity index (χ0v) is 12.0. The fourth-order valence-electron chi connectivity index (χ4n) is 1.55. The summed E-state index contributed by atoms with van der Waals surface area (Å²) in [5.41, 5.74) is 1.12. The molecule has 0 fully saturated rings. The van der Waals surface area contributed by atoms with E-state index in [0.717, 1.165) is 24.9 Å². The fourth-order valence-corrected chi connectivity index (χ4v) is 1.79. The monoisotopic (exact) mass is 269 g/mol. The largest absolute Gasteiger partial charge is 0.312 e. The van der Waals surface area contributed by atoms with Crippen LogP contribution in [0, 0.1) is 5.82 Å². The molecular weight excluding hydrogens is 249 g/mol.